The smallest absolute Gasteiger partial charge is 0.328 e. The molecule has 0 saturated carbocycles. The Kier molecular flexibility index (Phi) is 8.62. The van der Waals surface area contributed by atoms with Gasteiger partial charge in [-0.3, -0.25) is 14.4 Å². The van der Waals surface area contributed by atoms with E-state index in [1.54, 1.807) is 30.3 Å². The quantitative estimate of drug-likeness (QED) is 0.573. The predicted octanol–water partition coefficient (Wildman–Crippen LogP) is 1.14. The molecule has 1 atom stereocenters. The van der Waals surface area contributed by atoms with E-state index in [1.165, 1.54) is 7.11 Å². The minimum atomic E-state index is -1.09. The van der Waals surface area contributed by atoms with E-state index < -0.39 is 60.1 Å². The second-order valence-electron chi connectivity index (χ2n) is 6.30. The Balaban J connectivity index is 1.81. The van der Waals surface area contributed by atoms with Crippen LogP contribution in [0.4, 0.5) is 8.78 Å². The second kappa shape index (κ2) is 11.4. The summed E-state index contributed by atoms with van der Waals surface area (Å²) in [6.07, 6.45) is 0.173. The Morgan fingerprint density at radius 3 is 2.39 bits per heavy atom. The van der Waals surface area contributed by atoms with Gasteiger partial charge in [0.2, 0.25) is 0 Å². The predicted molar refractivity (Wildman–Crippen MR) is 104 cm³/mol. The first kappa shape index (κ1) is 23.5. The van der Waals surface area contributed by atoms with Gasteiger partial charge in [0.1, 0.15) is 24.2 Å². The van der Waals surface area contributed by atoms with Crippen molar-refractivity contribution in [3.63, 3.8) is 0 Å². The number of hydrogen-bond donors (Lipinski definition) is 2. The van der Waals surface area contributed by atoms with Crippen LogP contribution in [-0.4, -0.2) is 50.1 Å². The molecule has 0 saturated heterocycles. The number of nitrogens with one attached hydrogen (secondary N) is 2. The van der Waals surface area contributed by atoms with Gasteiger partial charge in [0.05, 0.1) is 12.7 Å². The number of amides is 2. The number of carbonyl (C=O) groups excluding carboxylic acids is 4. The molecule has 0 spiro atoms. The van der Waals surface area contributed by atoms with Crippen LogP contribution >= 0.6 is 0 Å². The average molecular weight is 434 g/mol. The third kappa shape index (κ3) is 7.50. The Bertz CT molecular complexity index is 952. The molecule has 0 radical (unpaired) electrons. The van der Waals surface area contributed by atoms with Gasteiger partial charge >= 0.3 is 11.9 Å². The summed E-state index contributed by atoms with van der Waals surface area (Å²) in [5.41, 5.74) is 0.333. The van der Waals surface area contributed by atoms with E-state index >= 15 is 0 Å². The lowest BCUT2D eigenvalue weighted by Crippen LogP contribution is -2.45. The average Bonchev–Trinajstić information content (AvgIpc) is 2.75. The number of halogens is 2. The van der Waals surface area contributed by atoms with Crippen molar-refractivity contribution in [2.24, 2.45) is 0 Å². The zero-order chi connectivity index (χ0) is 22.8. The molecule has 1 unspecified atom stereocenters. The molecular formula is C21H20F2N2O6. The molecule has 2 amide bonds. The van der Waals surface area contributed by atoms with Gasteiger partial charge in [-0.2, -0.15) is 0 Å². The van der Waals surface area contributed by atoms with E-state index in [0.717, 1.165) is 17.7 Å². The van der Waals surface area contributed by atoms with E-state index in [9.17, 15) is 28.0 Å². The first-order valence-corrected chi connectivity index (χ1v) is 9.10. The van der Waals surface area contributed by atoms with Crippen molar-refractivity contribution >= 4 is 23.8 Å². The van der Waals surface area contributed by atoms with Gasteiger partial charge in [-0.25, -0.2) is 13.6 Å². The van der Waals surface area contributed by atoms with E-state index in [-0.39, 0.29) is 6.42 Å². The van der Waals surface area contributed by atoms with Crippen molar-refractivity contribution in [2.75, 3.05) is 20.3 Å². The highest BCUT2D eigenvalue weighted by molar-refractivity contribution is 5.96. The molecule has 0 aliphatic heterocycles. The number of ether oxygens (including phenoxy) is 2. The van der Waals surface area contributed by atoms with E-state index in [4.69, 9.17) is 4.74 Å². The minimum absolute atomic E-state index is 0.173. The van der Waals surface area contributed by atoms with E-state index in [0.29, 0.717) is 6.07 Å². The summed E-state index contributed by atoms with van der Waals surface area (Å²) in [6, 6.07) is 10.3. The summed E-state index contributed by atoms with van der Waals surface area (Å²) in [5.74, 6) is -5.28. The Labute approximate surface area is 176 Å². The lowest BCUT2D eigenvalue weighted by atomic mass is 10.1. The number of rotatable bonds is 9. The van der Waals surface area contributed by atoms with Crippen LogP contribution < -0.4 is 10.6 Å². The SMILES string of the molecule is COC(=O)C(Cc1ccccc1)NC(=O)COC(=O)CNC(=O)c1ccc(F)cc1F. The molecule has 8 nitrogen and oxygen atoms in total. The van der Waals surface area contributed by atoms with Crippen LogP contribution in [-0.2, 0) is 30.3 Å². The van der Waals surface area contributed by atoms with Gasteiger partial charge in [0.15, 0.2) is 6.61 Å². The number of carbonyl (C=O) groups is 4. The lowest BCUT2D eigenvalue weighted by molar-refractivity contribution is -0.149. The normalized spacial score (nSPS) is 11.2. The maximum Gasteiger partial charge on any atom is 0.328 e. The fraction of sp³-hybridized carbons (Fsp3) is 0.238. The van der Waals surface area contributed by atoms with Crippen LogP contribution in [0.15, 0.2) is 48.5 Å². The Hall–Kier alpha value is -3.82. The molecule has 2 N–H and O–H groups in total. The molecule has 10 heteroatoms. The first-order chi connectivity index (χ1) is 14.8. The fourth-order valence-corrected chi connectivity index (χ4v) is 2.54. The number of hydrogen-bond acceptors (Lipinski definition) is 6. The molecule has 2 rings (SSSR count). The molecule has 164 valence electrons. The van der Waals surface area contributed by atoms with Crippen molar-refractivity contribution < 1.29 is 37.4 Å². The summed E-state index contributed by atoms with van der Waals surface area (Å²) in [5, 5.41) is 4.51. The topological polar surface area (TPSA) is 111 Å². The number of methoxy groups -OCH3 is 1. The van der Waals surface area contributed by atoms with Crippen LogP contribution in [0.3, 0.4) is 0 Å². The van der Waals surface area contributed by atoms with E-state index in [1.807, 2.05) is 0 Å². The van der Waals surface area contributed by atoms with Crippen molar-refractivity contribution in [3.8, 4) is 0 Å². The highest BCUT2D eigenvalue weighted by atomic mass is 19.1. The van der Waals surface area contributed by atoms with Gasteiger partial charge in [-0.15, -0.1) is 0 Å². The third-order valence-corrected chi connectivity index (χ3v) is 4.04. The zero-order valence-corrected chi connectivity index (χ0v) is 16.5. The number of esters is 2. The van der Waals surface area contributed by atoms with Crippen molar-refractivity contribution in [3.05, 3.63) is 71.3 Å². The second-order valence-corrected chi connectivity index (χ2v) is 6.30. The molecule has 0 aliphatic rings. The van der Waals surface area contributed by atoms with Crippen LogP contribution in [0.25, 0.3) is 0 Å². The highest BCUT2D eigenvalue weighted by Gasteiger charge is 2.22. The molecule has 0 fully saturated rings. The molecule has 0 heterocycles. The van der Waals surface area contributed by atoms with Crippen LogP contribution in [0.2, 0.25) is 0 Å². The zero-order valence-electron chi connectivity index (χ0n) is 16.5. The summed E-state index contributed by atoms with van der Waals surface area (Å²) < 4.78 is 35.8. The van der Waals surface area contributed by atoms with Gasteiger partial charge < -0.3 is 20.1 Å². The molecule has 2 aromatic rings. The van der Waals surface area contributed by atoms with Crippen molar-refractivity contribution in [1.29, 1.82) is 0 Å². The van der Waals surface area contributed by atoms with Gasteiger partial charge in [-0.05, 0) is 17.7 Å². The Morgan fingerprint density at radius 1 is 1.03 bits per heavy atom. The minimum Gasteiger partial charge on any atom is -0.467 e. The van der Waals surface area contributed by atoms with Crippen LogP contribution in [0.1, 0.15) is 15.9 Å². The van der Waals surface area contributed by atoms with Crippen LogP contribution in [0.5, 0.6) is 0 Å². The molecule has 0 aliphatic carbocycles. The van der Waals surface area contributed by atoms with E-state index in [2.05, 4.69) is 15.4 Å². The maximum absolute atomic E-state index is 13.5. The summed E-state index contributed by atoms with van der Waals surface area (Å²) >= 11 is 0. The molecule has 2 aromatic carbocycles. The molecule has 0 bridgehead atoms. The monoisotopic (exact) mass is 434 g/mol. The summed E-state index contributed by atoms with van der Waals surface area (Å²) in [7, 11) is 1.18. The Morgan fingerprint density at radius 2 is 1.74 bits per heavy atom. The standard InChI is InChI=1S/C21H20F2N2O6/c1-30-21(29)17(9-13-5-3-2-4-6-13)25-18(26)12-31-19(27)11-24-20(28)15-8-7-14(22)10-16(15)23/h2-8,10,17H,9,11-12H2,1H3,(H,24,28)(H,25,26). The third-order valence-electron chi connectivity index (χ3n) is 4.04. The fourth-order valence-electron chi connectivity index (χ4n) is 2.54. The number of benzene rings is 2. The molecular weight excluding hydrogens is 414 g/mol. The molecule has 0 aromatic heterocycles. The van der Waals surface area contributed by atoms with Crippen LogP contribution in [0, 0.1) is 11.6 Å². The first-order valence-electron chi connectivity index (χ1n) is 9.10. The summed E-state index contributed by atoms with van der Waals surface area (Å²) in [6.45, 7) is -1.35. The molecule has 31 heavy (non-hydrogen) atoms. The van der Waals surface area contributed by atoms with Gasteiger partial charge in [0, 0.05) is 12.5 Å². The van der Waals surface area contributed by atoms with Crippen molar-refractivity contribution in [1.82, 2.24) is 10.6 Å². The maximum atomic E-state index is 13.5. The van der Waals surface area contributed by atoms with Gasteiger partial charge in [-0.1, -0.05) is 30.3 Å². The lowest BCUT2D eigenvalue weighted by Gasteiger charge is -2.16. The van der Waals surface area contributed by atoms with Crippen molar-refractivity contribution in [2.45, 2.75) is 12.5 Å². The summed E-state index contributed by atoms with van der Waals surface area (Å²) in [4.78, 5) is 47.5. The highest BCUT2D eigenvalue weighted by Crippen LogP contribution is 2.09. The largest absolute Gasteiger partial charge is 0.467 e. The van der Waals surface area contributed by atoms with Gasteiger partial charge in [0.25, 0.3) is 11.8 Å².